The summed E-state index contributed by atoms with van der Waals surface area (Å²) in [6.07, 6.45) is -2.26. The number of rotatable bonds is 4. The summed E-state index contributed by atoms with van der Waals surface area (Å²) >= 11 is 5.71. The molecule has 1 aliphatic rings. The maximum atomic E-state index is 12.9. The van der Waals surface area contributed by atoms with Crippen molar-refractivity contribution in [3.63, 3.8) is 0 Å². The second-order valence-electron chi connectivity index (χ2n) is 4.78. The number of aliphatic carboxylic acids is 1. The van der Waals surface area contributed by atoms with Gasteiger partial charge in [0.1, 0.15) is 17.4 Å². The number of hydrogen-bond donors (Lipinski definition) is 0. The van der Waals surface area contributed by atoms with Crippen molar-refractivity contribution >= 4 is 17.6 Å². The number of carbonyl (C=O) groups is 1. The van der Waals surface area contributed by atoms with Crippen molar-refractivity contribution in [1.82, 2.24) is 0 Å². The van der Waals surface area contributed by atoms with E-state index in [0.29, 0.717) is 6.08 Å². The molecule has 0 fully saturated rings. The van der Waals surface area contributed by atoms with Crippen molar-refractivity contribution in [3.8, 4) is 5.75 Å². The largest absolute Gasteiger partial charge is 0.549 e. The van der Waals surface area contributed by atoms with Gasteiger partial charge in [-0.15, -0.1) is 0 Å². The molecule has 1 aromatic rings. The van der Waals surface area contributed by atoms with Crippen molar-refractivity contribution < 1.29 is 32.7 Å². The molecule has 0 heterocycles. The third kappa shape index (κ3) is 3.35. The molecule has 6 nitrogen and oxygen atoms in total. The van der Waals surface area contributed by atoms with Crippen LogP contribution in [0.5, 0.6) is 5.75 Å². The fourth-order valence-corrected chi connectivity index (χ4v) is 2.32. The Labute approximate surface area is 137 Å². The first-order valence-corrected chi connectivity index (χ1v) is 6.73. The number of benzene rings is 1. The Morgan fingerprint density at radius 3 is 2.50 bits per heavy atom. The van der Waals surface area contributed by atoms with Crippen LogP contribution in [0.1, 0.15) is 5.56 Å². The van der Waals surface area contributed by atoms with Crippen molar-refractivity contribution in [3.05, 3.63) is 63.9 Å². The molecule has 2 unspecified atom stereocenters. The van der Waals surface area contributed by atoms with Crippen LogP contribution in [0.2, 0.25) is 0 Å². The van der Waals surface area contributed by atoms with E-state index in [-0.39, 0.29) is 0 Å². The van der Waals surface area contributed by atoms with Crippen LogP contribution in [-0.2, 0) is 11.0 Å². The molecule has 0 amide bonds. The highest BCUT2D eigenvalue weighted by atomic mass is 35.5. The number of nitrogens with zero attached hydrogens (tertiary/aromatic N) is 1. The first-order chi connectivity index (χ1) is 11.1. The number of alkyl halides is 4. The minimum Gasteiger partial charge on any atom is -0.549 e. The molecule has 24 heavy (non-hydrogen) atoms. The Morgan fingerprint density at radius 1 is 1.33 bits per heavy atom. The molecule has 2 atom stereocenters. The minimum atomic E-state index is -4.70. The van der Waals surface area contributed by atoms with Gasteiger partial charge in [-0.3, -0.25) is 10.1 Å². The number of halogens is 4. The molecule has 0 saturated carbocycles. The van der Waals surface area contributed by atoms with Gasteiger partial charge >= 0.3 is 11.2 Å². The Hall–Kier alpha value is -2.55. The SMILES string of the molecule is O=C([O-])C1C=CC(Oc2ccccc2C(F)(F)F)=CC1(Cl)[N+](=O)[O-]. The lowest BCUT2D eigenvalue weighted by Crippen LogP contribution is -2.48. The zero-order chi connectivity index (χ0) is 18.1. The normalized spacial score (nSPS) is 23.5. The van der Waals surface area contributed by atoms with Gasteiger partial charge in [0.25, 0.3) is 0 Å². The quantitative estimate of drug-likeness (QED) is 0.354. The molecule has 0 bridgehead atoms. The van der Waals surface area contributed by atoms with Gasteiger partial charge < -0.3 is 14.6 Å². The van der Waals surface area contributed by atoms with Gasteiger partial charge in [-0.25, -0.2) is 0 Å². The van der Waals surface area contributed by atoms with Gasteiger partial charge in [0.15, 0.2) is 0 Å². The predicted molar refractivity (Wildman–Crippen MR) is 73.4 cm³/mol. The van der Waals surface area contributed by atoms with E-state index in [1.54, 1.807) is 0 Å². The molecule has 0 saturated heterocycles. The van der Waals surface area contributed by atoms with E-state index in [0.717, 1.165) is 30.4 Å². The number of ether oxygens (including phenoxy) is 1. The van der Waals surface area contributed by atoms with Crippen LogP contribution in [0.15, 0.2) is 48.3 Å². The highest BCUT2D eigenvalue weighted by molar-refractivity contribution is 6.25. The molecule has 0 spiro atoms. The van der Waals surface area contributed by atoms with Crippen LogP contribution in [0.25, 0.3) is 0 Å². The fraction of sp³-hybridized carbons (Fsp3) is 0.214. The van der Waals surface area contributed by atoms with Crippen LogP contribution >= 0.6 is 11.6 Å². The fourth-order valence-electron chi connectivity index (χ4n) is 2.05. The van der Waals surface area contributed by atoms with Gasteiger partial charge in [0, 0.05) is 4.92 Å². The molecule has 0 aliphatic heterocycles. The van der Waals surface area contributed by atoms with E-state index in [9.17, 15) is 33.2 Å². The Morgan fingerprint density at radius 2 is 1.96 bits per heavy atom. The second-order valence-corrected chi connectivity index (χ2v) is 5.39. The molecule has 1 aromatic carbocycles. The van der Waals surface area contributed by atoms with Gasteiger partial charge in [-0.1, -0.05) is 18.2 Å². The number of allylic oxidation sites excluding steroid dienone is 1. The summed E-state index contributed by atoms with van der Waals surface area (Å²) in [6, 6.07) is 4.22. The maximum Gasteiger partial charge on any atom is 0.419 e. The lowest BCUT2D eigenvalue weighted by molar-refractivity contribution is -0.535. The average molecular weight is 363 g/mol. The van der Waals surface area contributed by atoms with E-state index in [4.69, 9.17) is 16.3 Å². The summed E-state index contributed by atoms with van der Waals surface area (Å²) in [5, 5.41) is 22.0. The summed E-state index contributed by atoms with van der Waals surface area (Å²) in [5.74, 6) is -4.60. The van der Waals surface area contributed by atoms with Gasteiger partial charge in [-0.2, -0.15) is 13.2 Å². The lowest BCUT2D eigenvalue weighted by atomic mass is 9.94. The smallest absolute Gasteiger partial charge is 0.419 e. The van der Waals surface area contributed by atoms with Crippen LogP contribution < -0.4 is 9.84 Å². The highest BCUT2D eigenvalue weighted by Crippen LogP contribution is 2.39. The van der Waals surface area contributed by atoms with Crippen molar-refractivity contribution in [2.24, 2.45) is 5.92 Å². The van der Waals surface area contributed by atoms with E-state index in [1.807, 2.05) is 0 Å². The van der Waals surface area contributed by atoms with Crippen molar-refractivity contribution in [2.75, 3.05) is 0 Å². The summed E-state index contributed by atoms with van der Waals surface area (Å²) in [7, 11) is 0. The Balaban J connectivity index is 2.41. The summed E-state index contributed by atoms with van der Waals surface area (Å²) in [5.41, 5.74) is -1.09. The van der Waals surface area contributed by atoms with Crippen LogP contribution in [-0.4, -0.2) is 15.9 Å². The number of para-hydroxylation sites is 1. The third-order valence-corrected chi connectivity index (χ3v) is 3.67. The monoisotopic (exact) mass is 362 g/mol. The molecule has 2 rings (SSSR count). The lowest BCUT2D eigenvalue weighted by Gasteiger charge is -2.27. The molecule has 0 N–H and O–H groups in total. The third-order valence-electron chi connectivity index (χ3n) is 3.19. The summed E-state index contributed by atoms with van der Waals surface area (Å²) in [6.45, 7) is 0. The minimum absolute atomic E-state index is 0.393. The number of hydrogen-bond acceptors (Lipinski definition) is 5. The van der Waals surface area contributed by atoms with Gasteiger partial charge in [0.2, 0.25) is 0 Å². The maximum absolute atomic E-state index is 12.9. The van der Waals surface area contributed by atoms with Crippen LogP contribution in [0.4, 0.5) is 13.2 Å². The van der Waals surface area contributed by atoms with Crippen molar-refractivity contribution in [1.29, 1.82) is 0 Å². The summed E-state index contributed by atoms with van der Waals surface area (Å²) in [4.78, 5) is 18.3. The average Bonchev–Trinajstić information content (AvgIpc) is 2.46. The number of nitro groups is 1. The molecular formula is C14H8ClF3NO5-. The first-order valence-electron chi connectivity index (χ1n) is 6.35. The molecular weight excluding hydrogens is 355 g/mol. The number of carboxylic acid groups (broad SMARTS) is 1. The zero-order valence-electron chi connectivity index (χ0n) is 11.6. The molecule has 0 aromatic heterocycles. The highest BCUT2D eigenvalue weighted by Gasteiger charge is 2.49. The topological polar surface area (TPSA) is 92.5 Å². The molecule has 1 aliphatic carbocycles. The van der Waals surface area contributed by atoms with Crippen LogP contribution in [0.3, 0.4) is 0 Å². The van der Waals surface area contributed by atoms with E-state index < -0.39 is 45.1 Å². The number of carboxylic acids is 1. The van der Waals surface area contributed by atoms with Crippen LogP contribution in [0, 0.1) is 16.0 Å². The van der Waals surface area contributed by atoms with Gasteiger partial charge in [-0.05, 0) is 29.8 Å². The Kier molecular flexibility index (Phi) is 4.57. The summed E-state index contributed by atoms with van der Waals surface area (Å²) < 4.78 is 43.8. The second kappa shape index (κ2) is 6.16. The zero-order valence-corrected chi connectivity index (χ0v) is 12.4. The Bertz CT molecular complexity index is 746. The predicted octanol–water partition coefficient (Wildman–Crippen LogP) is 2.12. The first kappa shape index (κ1) is 17.8. The van der Waals surface area contributed by atoms with Crippen molar-refractivity contribution in [2.45, 2.75) is 11.2 Å². The number of carbonyl (C=O) groups excluding carboxylic acids is 1. The van der Waals surface area contributed by atoms with E-state index in [2.05, 4.69) is 0 Å². The van der Waals surface area contributed by atoms with E-state index >= 15 is 0 Å². The molecule has 10 heteroatoms. The molecule has 128 valence electrons. The van der Waals surface area contributed by atoms with Gasteiger partial charge in [0.05, 0.1) is 17.6 Å². The van der Waals surface area contributed by atoms with E-state index in [1.165, 1.54) is 6.07 Å². The standard InChI is InChI=1S/C14H9ClF3NO5/c15-13(19(22)23)7-8(5-6-10(13)12(20)21)24-11-4-2-1-3-9(11)14(16,17)18/h1-7,10H,(H,20,21)/p-1. The molecule has 0 radical (unpaired) electrons.